The van der Waals surface area contributed by atoms with Gasteiger partial charge in [0.05, 0.1) is 0 Å². The van der Waals surface area contributed by atoms with Gasteiger partial charge in [-0.05, 0) is 12.0 Å². The van der Waals surface area contributed by atoms with Gasteiger partial charge in [0.15, 0.2) is 0 Å². The van der Waals surface area contributed by atoms with E-state index in [9.17, 15) is 0 Å². The molecule has 0 N–H and O–H groups in total. The molecule has 0 heterocycles. The topological polar surface area (TPSA) is 12.4 Å². The van der Waals surface area contributed by atoms with Gasteiger partial charge in [0.1, 0.15) is 0 Å². The molecule has 0 amide bonds. The second kappa shape index (κ2) is 3.83. The summed E-state index contributed by atoms with van der Waals surface area (Å²) in [7, 11) is 1.79. The first-order valence-corrected chi connectivity index (χ1v) is 3.38. The van der Waals surface area contributed by atoms with E-state index >= 15 is 0 Å². The van der Waals surface area contributed by atoms with Crippen LogP contribution in [0.1, 0.15) is 6.42 Å². The maximum atomic E-state index is 3.94. The van der Waals surface area contributed by atoms with Crippen LogP contribution in [0, 0.1) is 0 Å². The Morgan fingerprint density at radius 3 is 3.10 bits per heavy atom. The summed E-state index contributed by atoms with van der Waals surface area (Å²) in [6.07, 6.45) is 13.2. The van der Waals surface area contributed by atoms with Crippen molar-refractivity contribution in [2.24, 2.45) is 4.99 Å². The van der Waals surface area contributed by atoms with Crippen LogP contribution >= 0.6 is 0 Å². The maximum Gasteiger partial charge on any atom is 0.0277 e. The Hall–Kier alpha value is -1.11. The molecule has 1 nitrogen and oxygen atoms in total. The number of nitrogens with zero attached hydrogens (tertiary/aromatic N) is 1. The largest absolute Gasteiger partial charge is 0.296 e. The van der Waals surface area contributed by atoms with Gasteiger partial charge in [-0.1, -0.05) is 30.4 Å². The van der Waals surface area contributed by atoms with E-state index in [2.05, 4.69) is 17.1 Å². The van der Waals surface area contributed by atoms with Gasteiger partial charge in [-0.3, -0.25) is 4.99 Å². The highest BCUT2D eigenvalue weighted by Gasteiger charge is 1.88. The predicted molar refractivity (Wildman–Crippen MR) is 45.4 cm³/mol. The fourth-order valence-electron chi connectivity index (χ4n) is 0.856. The molecule has 0 aromatic heterocycles. The molecule has 0 bridgehead atoms. The summed E-state index contributed by atoms with van der Waals surface area (Å²) in [5.74, 6) is 0. The average Bonchev–Trinajstić information content (AvgIpc) is 2.17. The molecule has 1 rings (SSSR count). The van der Waals surface area contributed by atoms with Crippen molar-refractivity contribution >= 4 is 6.21 Å². The molecular formula is C9H11N. The molecule has 10 heavy (non-hydrogen) atoms. The van der Waals surface area contributed by atoms with E-state index in [0.29, 0.717) is 0 Å². The van der Waals surface area contributed by atoms with Crippen LogP contribution in [-0.2, 0) is 0 Å². The van der Waals surface area contributed by atoms with Crippen molar-refractivity contribution in [3.63, 3.8) is 0 Å². The van der Waals surface area contributed by atoms with Crippen LogP contribution in [0.15, 0.2) is 40.9 Å². The van der Waals surface area contributed by atoms with Crippen molar-refractivity contribution in [1.82, 2.24) is 0 Å². The highest BCUT2D eigenvalue weighted by atomic mass is 14.6. The van der Waals surface area contributed by atoms with E-state index in [0.717, 1.165) is 6.42 Å². The zero-order chi connectivity index (χ0) is 7.23. The van der Waals surface area contributed by atoms with E-state index in [1.54, 1.807) is 7.05 Å². The lowest BCUT2D eigenvalue weighted by Gasteiger charge is -1.90. The van der Waals surface area contributed by atoms with Gasteiger partial charge >= 0.3 is 0 Å². The zero-order valence-electron chi connectivity index (χ0n) is 6.12. The van der Waals surface area contributed by atoms with Crippen molar-refractivity contribution in [3.05, 3.63) is 36.0 Å². The summed E-state index contributed by atoms with van der Waals surface area (Å²) in [5, 5.41) is 0. The molecule has 0 radical (unpaired) electrons. The van der Waals surface area contributed by atoms with Crippen LogP contribution in [0.2, 0.25) is 0 Å². The van der Waals surface area contributed by atoms with E-state index in [4.69, 9.17) is 0 Å². The normalized spacial score (nSPS) is 17.5. The number of hydrogen-bond donors (Lipinski definition) is 0. The van der Waals surface area contributed by atoms with E-state index in [1.165, 1.54) is 5.57 Å². The highest BCUT2D eigenvalue weighted by molar-refractivity contribution is 5.79. The van der Waals surface area contributed by atoms with Crippen LogP contribution in [0.25, 0.3) is 0 Å². The standard InChI is InChI=1S/C9H11N/c1-10-8-9-6-4-2-3-5-7-9/h2-6,8H,7H2,1H3. The second-order valence-corrected chi connectivity index (χ2v) is 2.15. The van der Waals surface area contributed by atoms with Gasteiger partial charge in [0.25, 0.3) is 0 Å². The molecule has 1 heteroatoms. The molecule has 0 saturated heterocycles. The Labute approximate surface area is 61.5 Å². The van der Waals surface area contributed by atoms with Gasteiger partial charge in [-0.15, -0.1) is 0 Å². The predicted octanol–water partition coefficient (Wildman–Crippen LogP) is 2.13. The van der Waals surface area contributed by atoms with Gasteiger partial charge in [0.2, 0.25) is 0 Å². The Balaban J connectivity index is 2.68. The Kier molecular flexibility index (Phi) is 2.68. The number of hydrogen-bond acceptors (Lipinski definition) is 1. The average molecular weight is 133 g/mol. The quantitative estimate of drug-likeness (QED) is 0.486. The van der Waals surface area contributed by atoms with Crippen LogP contribution in [-0.4, -0.2) is 13.3 Å². The third-order valence-corrected chi connectivity index (χ3v) is 1.32. The number of aliphatic imine (C=N–C) groups is 1. The summed E-state index contributed by atoms with van der Waals surface area (Å²) in [5.41, 5.74) is 1.26. The lowest BCUT2D eigenvalue weighted by molar-refractivity contribution is 1.32. The van der Waals surface area contributed by atoms with Crippen LogP contribution in [0.4, 0.5) is 0 Å². The first kappa shape index (κ1) is 7.00. The number of rotatable bonds is 1. The van der Waals surface area contributed by atoms with Gasteiger partial charge in [-0.25, -0.2) is 0 Å². The zero-order valence-corrected chi connectivity index (χ0v) is 6.12. The second-order valence-electron chi connectivity index (χ2n) is 2.15. The summed E-state index contributed by atoms with van der Waals surface area (Å²) in [6.45, 7) is 0. The smallest absolute Gasteiger partial charge is 0.0277 e. The van der Waals surface area contributed by atoms with Crippen molar-refractivity contribution in [1.29, 1.82) is 0 Å². The monoisotopic (exact) mass is 133 g/mol. The fourth-order valence-corrected chi connectivity index (χ4v) is 0.856. The van der Waals surface area contributed by atoms with Crippen molar-refractivity contribution < 1.29 is 0 Å². The first-order chi connectivity index (χ1) is 4.93. The summed E-state index contributed by atoms with van der Waals surface area (Å²) >= 11 is 0. The molecule has 0 aromatic carbocycles. The summed E-state index contributed by atoms with van der Waals surface area (Å²) in [4.78, 5) is 3.94. The van der Waals surface area contributed by atoms with Crippen LogP contribution < -0.4 is 0 Å². The Bertz CT molecular complexity index is 207. The molecule has 0 spiro atoms. The minimum absolute atomic E-state index is 0.990. The van der Waals surface area contributed by atoms with Gasteiger partial charge < -0.3 is 0 Å². The third-order valence-electron chi connectivity index (χ3n) is 1.32. The fraction of sp³-hybridized carbons (Fsp3) is 0.222. The van der Waals surface area contributed by atoms with Crippen LogP contribution in [0.5, 0.6) is 0 Å². The van der Waals surface area contributed by atoms with Crippen molar-refractivity contribution in [3.8, 4) is 0 Å². The Morgan fingerprint density at radius 2 is 2.30 bits per heavy atom. The van der Waals surface area contributed by atoms with Gasteiger partial charge in [-0.2, -0.15) is 0 Å². The number of allylic oxidation sites excluding steroid dienone is 6. The minimum Gasteiger partial charge on any atom is -0.296 e. The molecule has 1 aliphatic carbocycles. The molecule has 0 atom stereocenters. The van der Waals surface area contributed by atoms with Gasteiger partial charge in [0, 0.05) is 13.3 Å². The summed E-state index contributed by atoms with van der Waals surface area (Å²) in [6, 6.07) is 0. The lowest BCUT2D eigenvalue weighted by Crippen LogP contribution is -1.80. The SMILES string of the molecule is CN=CC1=CC=CC=CC1. The summed E-state index contributed by atoms with van der Waals surface area (Å²) < 4.78 is 0. The van der Waals surface area contributed by atoms with Crippen LogP contribution in [0.3, 0.4) is 0 Å². The molecule has 0 aromatic rings. The molecule has 0 aliphatic heterocycles. The minimum atomic E-state index is 0.990. The molecular weight excluding hydrogens is 122 g/mol. The first-order valence-electron chi connectivity index (χ1n) is 3.38. The van der Waals surface area contributed by atoms with E-state index < -0.39 is 0 Å². The molecule has 0 unspecified atom stereocenters. The van der Waals surface area contributed by atoms with Crippen molar-refractivity contribution in [2.75, 3.05) is 7.05 Å². The maximum absolute atomic E-state index is 3.94. The van der Waals surface area contributed by atoms with E-state index in [1.807, 2.05) is 24.4 Å². The highest BCUT2D eigenvalue weighted by Crippen LogP contribution is 2.03. The van der Waals surface area contributed by atoms with E-state index in [-0.39, 0.29) is 0 Å². The molecule has 52 valence electrons. The third kappa shape index (κ3) is 2.02. The Morgan fingerprint density at radius 1 is 1.40 bits per heavy atom. The van der Waals surface area contributed by atoms with Crippen molar-refractivity contribution in [2.45, 2.75) is 6.42 Å². The molecule has 0 fully saturated rings. The lowest BCUT2D eigenvalue weighted by atomic mass is 10.2. The molecule has 1 aliphatic rings. The molecule has 0 saturated carbocycles.